The van der Waals surface area contributed by atoms with E-state index in [0.29, 0.717) is 18.8 Å². The Morgan fingerprint density at radius 1 is 0.808 bits per heavy atom. The lowest BCUT2D eigenvalue weighted by Gasteiger charge is -2.26. The highest BCUT2D eigenvalue weighted by Crippen LogP contribution is 2.40. The molecule has 2 heterocycles. The van der Waals surface area contributed by atoms with Crippen molar-refractivity contribution in [2.45, 2.75) is 19.0 Å². The number of imide groups is 1. The minimum absolute atomic E-state index is 0.00655. The number of fused-ring (bicyclic) bond motifs is 1. The number of rotatable bonds is 2. The van der Waals surface area contributed by atoms with Gasteiger partial charge in [-0.25, -0.2) is 4.90 Å². The second kappa shape index (κ2) is 5.86. The highest BCUT2D eigenvalue weighted by Gasteiger charge is 2.40. The van der Waals surface area contributed by atoms with Gasteiger partial charge in [-0.15, -0.1) is 0 Å². The third-order valence-electron chi connectivity index (χ3n) is 4.78. The van der Waals surface area contributed by atoms with E-state index in [9.17, 15) is 22.8 Å². The van der Waals surface area contributed by atoms with E-state index in [4.69, 9.17) is 0 Å². The van der Waals surface area contributed by atoms with E-state index in [1.807, 2.05) is 4.90 Å². The molecule has 134 valence electrons. The Balaban J connectivity index is 1.87. The quantitative estimate of drug-likeness (QED) is 0.757. The molecule has 0 N–H and O–H groups in total. The van der Waals surface area contributed by atoms with Gasteiger partial charge in [0.05, 0.1) is 28.1 Å². The summed E-state index contributed by atoms with van der Waals surface area (Å²) in [7, 11) is 0. The van der Waals surface area contributed by atoms with Gasteiger partial charge in [-0.2, -0.15) is 13.2 Å². The predicted octanol–water partition coefficient (Wildman–Crippen LogP) is 4.11. The molecule has 0 saturated carbocycles. The Hall–Kier alpha value is -2.83. The fraction of sp³-hybridized carbons (Fsp3) is 0.263. The molecule has 4 nitrogen and oxygen atoms in total. The zero-order chi connectivity index (χ0) is 18.5. The number of alkyl halides is 3. The molecule has 0 bridgehead atoms. The molecule has 7 heteroatoms. The predicted molar refractivity (Wildman–Crippen MR) is 90.5 cm³/mol. The molecule has 2 amide bonds. The number of anilines is 2. The van der Waals surface area contributed by atoms with Gasteiger partial charge in [-0.05, 0) is 43.2 Å². The molecular weight excluding hydrogens is 345 g/mol. The SMILES string of the molecule is O=C1c2ccccc2C(=O)N1c1cc(C(F)(F)F)ccc1N1CCCC1. The third kappa shape index (κ3) is 2.55. The van der Waals surface area contributed by atoms with Crippen molar-refractivity contribution in [3.05, 3.63) is 59.2 Å². The normalized spacial score (nSPS) is 17.2. The summed E-state index contributed by atoms with van der Waals surface area (Å²) in [4.78, 5) is 28.3. The standard InChI is InChI=1S/C19H15F3N2O2/c20-19(21,22)12-7-8-15(23-9-3-4-10-23)16(11-12)24-17(25)13-5-1-2-6-14(13)18(24)26/h1-2,5-8,11H,3-4,9-10H2. The number of hydrogen-bond donors (Lipinski definition) is 0. The van der Waals surface area contributed by atoms with Crippen molar-refractivity contribution in [2.75, 3.05) is 22.9 Å². The molecule has 0 aliphatic carbocycles. The monoisotopic (exact) mass is 360 g/mol. The molecule has 2 aliphatic heterocycles. The van der Waals surface area contributed by atoms with Crippen LogP contribution in [0.1, 0.15) is 39.1 Å². The van der Waals surface area contributed by atoms with Crippen molar-refractivity contribution in [3.63, 3.8) is 0 Å². The maximum atomic E-state index is 13.2. The van der Waals surface area contributed by atoms with Crippen molar-refractivity contribution < 1.29 is 22.8 Å². The van der Waals surface area contributed by atoms with E-state index < -0.39 is 23.6 Å². The van der Waals surface area contributed by atoms with Gasteiger partial charge in [-0.1, -0.05) is 12.1 Å². The summed E-state index contributed by atoms with van der Waals surface area (Å²) in [6.45, 7) is 1.36. The first-order valence-electron chi connectivity index (χ1n) is 8.32. The van der Waals surface area contributed by atoms with Crippen LogP contribution in [-0.2, 0) is 6.18 Å². The summed E-state index contributed by atoms with van der Waals surface area (Å²) < 4.78 is 39.7. The lowest BCUT2D eigenvalue weighted by molar-refractivity contribution is -0.137. The van der Waals surface area contributed by atoms with Crippen LogP contribution in [-0.4, -0.2) is 24.9 Å². The van der Waals surface area contributed by atoms with Crippen LogP contribution in [0.4, 0.5) is 24.5 Å². The van der Waals surface area contributed by atoms with Crippen molar-refractivity contribution in [1.29, 1.82) is 0 Å². The van der Waals surface area contributed by atoms with Gasteiger partial charge in [0.15, 0.2) is 0 Å². The van der Waals surface area contributed by atoms with Crippen LogP contribution in [0.3, 0.4) is 0 Å². The first-order chi connectivity index (χ1) is 12.4. The van der Waals surface area contributed by atoms with E-state index in [2.05, 4.69) is 0 Å². The summed E-state index contributed by atoms with van der Waals surface area (Å²) in [6, 6.07) is 9.52. The summed E-state index contributed by atoms with van der Waals surface area (Å²) in [6.07, 6.45) is -2.72. The molecule has 2 aromatic rings. The fourth-order valence-corrected chi connectivity index (χ4v) is 3.51. The zero-order valence-corrected chi connectivity index (χ0v) is 13.7. The fourth-order valence-electron chi connectivity index (χ4n) is 3.51. The van der Waals surface area contributed by atoms with Crippen LogP contribution in [0.25, 0.3) is 0 Å². The Morgan fingerprint density at radius 3 is 1.92 bits per heavy atom. The molecule has 0 aromatic heterocycles. The molecule has 0 radical (unpaired) electrons. The van der Waals surface area contributed by atoms with E-state index in [1.54, 1.807) is 12.1 Å². The molecule has 1 fully saturated rings. The average molecular weight is 360 g/mol. The number of nitrogens with zero attached hydrogens (tertiary/aromatic N) is 2. The molecule has 2 aromatic carbocycles. The van der Waals surface area contributed by atoms with E-state index in [1.165, 1.54) is 18.2 Å². The minimum Gasteiger partial charge on any atom is -0.370 e. The van der Waals surface area contributed by atoms with Gasteiger partial charge in [0.2, 0.25) is 0 Å². The van der Waals surface area contributed by atoms with Gasteiger partial charge >= 0.3 is 6.18 Å². The van der Waals surface area contributed by atoms with Crippen molar-refractivity contribution in [1.82, 2.24) is 0 Å². The van der Waals surface area contributed by atoms with Crippen LogP contribution in [0.15, 0.2) is 42.5 Å². The second-order valence-electron chi connectivity index (χ2n) is 6.39. The Morgan fingerprint density at radius 2 is 1.38 bits per heavy atom. The molecular formula is C19H15F3N2O2. The zero-order valence-electron chi connectivity index (χ0n) is 13.7. The number of benzene rings is 2. The van der Waals surface area contributed by atoms with E-state index in [0.717, 1.165) is 29.9 Å². The topological polar surface area (TPSA) is 40.6 Å². The summed E-state index contributed by atoms with van der Waals surface area (Å²) in [5, 5.41) is 0. The maximum Gasteiger partial charge on any atom is 0.416 e. The molecule has 4 rings (SSSR count). The summed E-state index contributed by atoms with van der Waals surface area (Å²) in [5.41, 5.74) is 0.00880. The molecule has 26 heavy (non-hydrogen) atoms. The number of hydrogen-bond acceptors (Lipinski definition) is 3. The molecule has 2 aliphatic rings. The number of amides is 2. The van der Waals surface area contributed by atoms with Gasteiger partial charge in [0, 0.05) is 13.1 Å². The minimum atomic E-state index is -4.56. The van der Waals surface area contributed by atoms with Gasteiger partial charge in [0.1, 0.15) is 0 Å². The van der Waals surface area contributed by atoms with Gasteiger partial charge < -0.3 is 4.90 Å². The summed E-state index contributed by atoms with van der Waals surface area (Å²) >= 11 is 0. The first kappa shape index (κ1) is 16.6. The maximum absolute atomic E-state index is 13.2. The van der Waals surface area contributed by atoms with Gasteiger partial charge in [0.25, 0.3) is 11.8 Å². The molecule has 1 saturated heterocycles. The Labute approximate surface area is 147 Å². The lowest BCUT2D eigenvalue weighted by Crippen LogP contribution is -2.32. The number of carbonyl (C=O) groups is 2. The molecule has 0 unspecified atom stereocenters. The highest BCUT2D eigenvalue weighted by molar-refractivity contribution is 6.35. The van der Waals surface area contributed by atoms with E-state index in [-0.39, 0.29) is 16.8 Å². The van der Waals surface area contributed by atoms with Crippen molar-refractivity contribution in [3.8, 4) is 0 Å². The second-order valence-corrected chi connectivity index (χ2v) is 6.39. The largest absolute Gasteiger partial charge is 0.416 e. The Bertz CT molecular complexity index is 867. The van der Waals surface area contributed by atoms with Gasteiger partial charge in [-0.3, -0.25) is 9.59 Å². The number of halogens is 3. The highest BCUT2D eigenvalue weighted by atomic mass is 19.4. The van der Waals surface area contributed by atoms with Crippen molar-refractivity contribution in [2.24, 2.45) is 0 Å². The van der Waals surface area contributed by atoms with Crippen LogP contribution in [0.2, 0.25) is 0 Å². The average Bonchev–Trinajstić information content (AvgIpc) is 3.22. The van der Waals surface area contributed by atoms with Crippen molar-refractivity contribution >= 4 is 23.2 Å². The van der Waals surface area contributed by atoms with E-state index >= 15 is 0 Å². The van der Waals surface area contributed by atoms with Crippen LogP contribution in [0.5, 0.6) is 0 Å². The molecule has 0 spiro atoms. The third-order valence-corrected chi connectivity index (χ3v) is 4.78. The smallest absolute Gasteiger partial charge is 0.370 e. The lowest BCUT2D eigenvalue weighted by atomic mass is 10.1. The first-order valence-corrected chi connectivity index (χ1v) is 8.32. The Kier molecular flexibility index (Phi) is 3.75. The van der Waals surface area contributed by atoms with Crippen LogP contribution >= 0.6 is 0 Å². The molecule has 0 atom stereocenters. The number of carbonyl (C=O) groups excluding carboxylic acids is 2. The summed E-state index contributed by atoms with van der Waals surface area (Å²) in [5.74, 6) is -1.18. The van der Waals surface area contributed by atoms with Crippen LogP contribution in [0, 0.1) is 0 Å². The van der Waals surface area contributed by atoms with Crippen LogP contribution < -0.4 is 9.80 Å².